The minimum atomic E-state index is -3.86. The van der Waals surface area contributed by atoms with Crippen LogP contribution in [-0.2, 0) is 21.2 Å². The lowest BCUT2D eigenvalue weighted by molar-refractivity contribution is -0.137. The maximum atomic E-state index is 12.0. The Morgan fingerprint density at radius 1 is 1.00 bits per heavy atom. The van der Waals surface area contributed by atoms with Gasteiger partial charge in [-0.3, -0.25) is 9.59 Å². The molecule has 3 aromatic rings. The molecular weight excluding hydrogens is 454 g/mol. The highest BCUT2D eigenvalue weighted by molar-refractivity contribution is 7.89. The number of carboxylic acid groups (broad SMARTS) is 1. The largest absolute Gasteiger partial charge is 0.481 e. The molecule has 9 heteroatoms. The molecule has 3 rings (SSSR count). The summed E-state index contributed by atoms with van der Waals surface area (Å²) in [6, 6.07) is 18.6. The first kappa shape index (κ1) is 24.7. The average Bonchev–Trinajstić information content (AvgIpc) is 2.78. The molecule has 1 atom stereocenters. The first-order valence-electron chi connectivity index (χ1n) is 10.3. The van der Waals surface area contributed by atoms with Gasteiger partial charge in [0, 0.05) is 5.56 Å². The number of nitrogen functional groups attached to an aromatic ring is 1. The van der Waals surface area contributed by atoms with E-state index in [4.69, 9.17) is 16.6 Å². The summed E-state index contributed by atoms with van der Waals surface area (Å²) in [6.07, 6.45) is 3.98. The van der Waals surface area contributed by atoms with E-state index in [0.29, 0.717) is 23.1 Å². The average molecular weight is 480 g/mol. The molecule has 0 aliphatic carbocycles. The van der Waals surface area contributed by atoms with Gasteiger partial charge >= 0.3 is 5.97 Å². The first-order chi connectivity index (χ1) is 16.0. The number of primary sulfonamides is 1. The second-order valence-corrected chi connectivity index (χ2v) is 9.43. The number of hydrogen-bond donors (Lipinski definition) is 4. The van der Waals surface area contributed by atoms with Crippen LogP contribution in [0.25, 0.3) is 17.2 Å². The number of anilines is 1. The molecule has 0 aliphatic rings. The maximum Gasteiger partial charge on any atom is 0.303 e. The quantitative estimate of drug-likeness (QED) is 0.344. The van der Waals surface area contributed by atoms with Crippen molar-refractivity contribution in [3.63, 3.8) is 0 Å². The summed E-state index contributed by atoms with van der Waals surface area (Å²) in [7, 11) is -3.86. The second-order valence-electron chi connectivity index (χ2n) is 7.87. The Morgan fingerprint density at radius 3 is 2.21 bits per heavy atom. The van der Waals surface area contributed by atoms with Gasteiger partial charge in [-0.2, -0.15) is 0 Å². The fourth-order valence-electron chi connectivity index (χ4n) is 3.64. The summed E-state index contributed by atoms with van der Waals surface area (Å²) in [5.41, 5.74) is 14.6. The van der Waals surface area contributed by atoms with Crippen LogP contribution < -0.4 is 16.6 Å². The monoisotopic (exact) mass is 479 g/mol. The van der Waals surface area contributed by atoms with E-state index in [0.717, 1.165) is 5.56 Å². The van der Waals surface area contributed by atoms with Crippen LogP contribution in [0.3, 0.4) is 0 Å². The number of sulfonamides is 1. The summed E-state index contributed by atoms with van der Waals surface area (Å²) in [4.78, 5) is 23.3. The highest BCUT2D eigenvalue weighted by Gasteiger charge is 2.16. The third-order valence-corrected chi connectivity index (χ3v) is 6.23. The van der Waals surface area contributed by atoms with Crippen LogP contribution in [0.1, 0.15) is 27.9 Å². The lowest BCUT2D eigenvalue weighted by Gasteiger charge is -2.13. The van der Waals surface area contributed by atoms with Crippen molar-refractivity contribution in [3.05, 3.63) is 89.5 Å². The lowest BCUT2D eigenvalue weighted by Crippen LogP contribution is -2.14. The lowest BCUT2D eigenvalue weighted by atomic mass is 9.93. The summed E-state index contributed by atoms with van der Waals surface area (Å²) in [6.45, 7) is 0. The van der Waals surface area contributed by atoms with Crippen molar-refractivity contribution in [3.8, 4) is 11.1 Å². The van der Waals surface area contributed by atoms with Gasteiger partial charge in [0.1, 0.15) is 0 Å². The molecule has 0 fully saturated rings. The maximum absolute atomic E-state index is 12.0. The number of primary amides is 1. The first-order valence-corrected chi connectivity index (χ1v) is 11.9. The van der Waals surface area contributed by atoms with Crippen LogP contribution in [-0.4, -0.2) is 25.4 Å². The standard InChI is InChI=1S/C25H25N3O5S/c26-24-21(19-8-10-20(11-9-19)34(28,32)33)13-18(14-22(24)25(27)31)7-6-17(15-23(29)30)12-16-4-2-1-3-5-16/h1-11,13-14,17H,12,15,26H2,(H2,27,31)(H,29,30)(H2,28,32,33)/b7-6+. The summed E-state index contributed by atoms with van der Waals surface area (Å²) >= 11 is 0. The Balaban J connectivity index is 2.00. The van der Waals surface area contributed by atoms with Gasteiger partial charge in [-0.1, -0.05) is 54.6 Å². The van der Waals surface area contributed by atoms with Gasteiger partial charge in [-0.15, -0.1) is 0 Å². The van der Waals surface area contributed by atoms with Crippen LogP contribution in [0.4, 0.5) is 5.69 Å². The van der Waals surface area contributed by atoms with Crippen molar-refractivity contribution in [2.45, 2.75) is 17.7 Å². The summed E-state index contributed by atoms with van der Waals surface area (Å²) in [5, 5.41) is 14.5. The van der Waals surface area contributed by atoms with Gasteiger partial charge in [0.25, 0.3) is 5.91 Å². The van der Waals surface area contributed by atoms with Crippen molar-refractivity contribution in [1.82, 2.24) is 0 Å². The molecule has 0 heterocycles. The van der Waals surface area contributed by atoms with Crippen LogP contribution >= 0.6 is 0 Å². The van der Waals surface area contributed by atoms with E-state index in [1.807, 2.05) is 30.3 Å². The van der Waals surface area contributed by atoms with Crippen molar-refractivity contribution >= 4 is 33.7 Å². The van der Waals surface area contributed by atoms with E-state index < -0.39 is 21.9 Å². The fraction of sp³-hybridized carbons (Fsp3) is 0.120. The van der Waals surface area contributed by atoms with Gasteiger partial charge in [0.05, 0.1) is 22.6 Å². The highest BCUT2D eigenvalue weighted by Crippen LogP contribution is 2.32. The number of carbonyl (C=O) groups excluding carboxylic acids is 1. The predicted octanol–water partition coefficient (Wildman–Crippen LogP) is 3.03. The number of benzene rings is 3. The molecule has 0 aromatic heterocycles. The van der Waals surface area contributed by atoms with Crippen LogP contribution in [0.2, 0.25) is 0 Å². The van der Waals surface area contributed by atoms with Gasteiger partial charge in [0.15, 0.2) is 0 Å². The van der Waals surface area contributed by atoms with Crippen molar-refractivity contribution < 1.29 is 23.1 Å². The zero-order chi connectivity index (χ0) is 24.9. The molecule has 1 unspecified atom stereocenters. The van der Waals surface area contributed by atoms with Gasteiger partial charge in [-0.25, -0.2) is 13.6 Å². The van der Waals surface area contributed by atoms with E-state index in [-0.39, 0.29) is 28.5 Å². The number of nitrogens with two attached hydrogens (primary N) is 3. The molecule has 0 saturated carbocycles. The van der Waals surface area contributed by atoms with E-state index in [2.05, 4.69) is 0 Å². The number of aliphatic carboxylic acids is 1. The third-order valence-electron chi connectivity index (χ3n) is 5.30. The number of carboxylic acids is 1. The van der Waals surface area contributed by atoms with Crippen molar-refractivity contribution in [2.24, 2.45) is 16.8 Å². The van der Waals surface area contributed by atoms with Gasteiger partial charge < -0.3 is 16.6 Å². The molecule has 0 aliphatic heterocycles. The number of hydrogen-bond acceptors (Lipinski definition) is 5. The topological polar surface area (TPSA) is 167 Å². The van der Waals surface area contributed by atoms with Crippen LogP contribution in [0, 0.1) is 5.92 Å². The molecule has 3 aromatic carbocycles. The molecule has 34 heavy (non-hydrogen) atoms. The minimum absolute atomic E-state index is 0.0570. The molecule has 0 radical (unpaired) electrons. The molecule has 0 spiro atoms. The Bertz CT molecular complexity index is 1330. The summed E-state index contributed by atoms with van der Waals surface area (Å²) in [5.74, 6) is -1.93. The van der Waals surface area contributed by atoms with Crippen LogP contribution in [0.5, 0.6) is 0 Å². The Hall–Kier alpha value is -3.95. The zero-order valence-electron chi connectivity index (χ0n) is 18.2. The van der Waals surface area contributed by atoms with E-state index in [1.165, 1.54) is 30.3 Å². The molecule has 176 valence electrons. The second kappa shape index (κ2) is 10.3. The Labute approximate surface area is 197 Å². The zero-order valence-corrected chi connectivity index (χ0v) is 19.0. The molecular formula is C25H25N3O5S. The molecule has 1 amide bonds. The molecule has 0 saturated heterocycles. The van der Waals surface area contributed by atoms with Crippen LogP contribution in [0.15, 0.2) is 77.7 Å². The SMILES string of the molecule is NC(=O)c1cc(/C=C/C(CC(=O)O)Cc2ccccc2)cc(-c2ccc(S(N)(=O)=O)cc2)c1N. The minimum Gasteiger partial charge on any atom is -0.481 e. The number of carbonyl (C=O) groups is 2. The normalized spacial score (nSPS) is 12.5. The van der Waals surface area contributed by atoms with Crippen molar-refractivity contribution in [1.29, 1.82) is 0 Å². The van der Waals surface area contributed by atoms with E-state index in [1.54, 1.807) is 18.2 Å². The summed E-state index contributed by atoms with van der Waals surface area (Å²) < 4.78 is 23.1. The molecule has 7 N–H and O–H groups in total. The van der Waals surface area contributed by atoms with Gasteiger partial charge in [0.2, 0.25) is 10.0 Å². The highest BCUT2D eigenvalue weighted by atomic mass is 32.2. The predicted molar refractivity (Wildman–Crippen MR) is 131 cm³/mol. The van der Waals surface area contributed by atoms with E-state index in [9.17, 15) is 23.1 Å². The number of allylic oxidation sites excluding steroid dienone is 1. The van der Waals surface area contributed by atoms with Gasteiger partial charge in [-0.05, 0) is 53.3 Å². The van der Waals surface area contributed by atoms with Crippen molar-refractivity contribution in [2.75, 3.05) is 5.73 Å². The molecule has 0 bridgehead atoms. The number of rotatable bonds is 9. The Kier molecular flexibility index (Phi) is 7.50. The fourth-order valence-corrected chi connectivity index (χ4v) is 4.15. The smallest absolute Gasteiger partial charge is 0.303 e. The Morgan fingerprint density at radius 2 is 1.65 bits per heavy atom. The number of amides is 1. The third kappa shape index (κ3) is 6.31. The molecule has 8 nitrogen and oxygen atoms in total. The van der Waals surface area contributed by atoms with E-state index >= 15 is 0 Å².